The molecule has 168 valence electrons. The lowest BCUT2D eigenvalue weighted by atomic mass is 10.1. The van der Waals surface area contributed by atoms with Crippen molar-refractivity contribution >= 4 is 46.2 Å². The zero-order chi connectivity index (χ0) is 23.7. The number of para-hydroxylation sites is 1. The molecule has 8 heteroatoms. The Morgan fingerprint density at radius 2 is 1.85 bits per heavy atom. The molecule has 33 heavy (non-hydrogen) atoms. The summed E-state index contributed by atoms with van der Waals surface area (Å²) in [6.07, 6.45) is 4.18. The third kappa shape index (κ3) is 3.91. The van der Waals surface area contributed by atoms with Crippen LogP contribution in [0.15, 0.2) is 65.4 Å². The summed E-state index contributed by atoms with van der Waals surface area (Å²) >= 11 is 0. The molecule has 1 atom stereocenters. The molecule has 1 N–H and O–H groups in total. The summed E-state index contributed by atoms with van der Waals surface area (Å²) in [6, 6.07) is 13.2. The Morgan fingerprint density at radius 1 is 1.15 bits per heavy atom. The molecule has 1 aromatic heterocycles. The smallest absolute Gasteiger partial charge is 0.335 e. The van der Waals surface area contributed by atoms with Gasteiger partial charge >= 0.3 is 11.9 Å². The Morgan fingerprint density at radius 3 is 2.48 bits per heavy atom. The average molecular weight is 445 g/mol. The predicted molar refractivity (Wildman–Crippen MR) is 125 cm³/mol. The standard InChI is InChI=1S/C25H23N3O5/c1-4-21(25(32)33-3)27-14-17(19-7-5-6-8-22(19)27)13-20-15(2)26-28(23(20)29)18-11-9-16(10-12-18)24(30)31/h5-14,21H,4H2,1-3H3,(H,30,31). The number of carbonyl (C=O) groups excluding carboxylic acids is 2. The van der Waals surface area contributed by atoms with Crippen LogP contribution in [0, 0.1) is 0 Å². The van der Waals surface area contributed by atoms with Crippen LogP contribution >= 0.6 is 0 Å². The molecule has 3 aromatic rings. The van der Waals surface area contributed by atoms with Crippen LogP contribution in [0.2, 0.25) is 0 Å². The molecule has 1 aliphatic rings. The molecule has 4 rings (SSSR count). The number of benzene rings is 2. The monoisotopic (exact) mass is 445 g/mol. The van der Waals surface area contributed by atoms with Crippen LogP contribution in [-0.4, -0.2) is 40.3 Å². The fourth-order valence-corrected chi connectivity index (χ4v) is 3.98. The van der Waals surface area contributed by atoms with E-state index in [4.69, 9.17) is 9.84 Å². The fraction of sp³-hybridized carbons (Fsp3) is 0.200. The van der Waals surface area contributed by atoms with Crippen LogP contribution in [-0.2, 0) is 14.3 Å². The van der Waals surface area contributed by atoms with Gasteiger partial charge in [-0.1, -0.05) is 25.1 Å². The Labute approximate surface area is 190 Å². The van der Waals surface area contributed by atoms with Crippen molar-refractivity contribution in [3.63, 3.8) is 0 Å². The predicted octanol–water partition coefficient (Wildman–Crippen LogP) is 4.27. The molecular formula is C25H23N3O5. The molecule has 0 radical (unpaired) electrons. The number of nitrogens with zero attached hydrogens (tertiary/aromatic N) is 3. The van der Waals surface area contributed by atoms with Gasteiger partial charge in [0.25, 0.3) is 5.91 Å². The van der Waals surface area contributed by atoms with Crippen LogP contribution in [0.5, 0.6) is 0 Å². The second-order valence-corrected chi connectivity index (χ2v) is 7.67. The van der Waals surface area contributed by atoms with Gasteiger partial charge in [-0.15, -0.1) is 0 Å². The number of hydrogen-bond acceptors (Lipinski definition) is 5. The van der Waals surface area contributed by atoms with Gasteiger partial charge in [-0.3, -0.25) is 4.79 Å². The highest BCUT2D eigenvalue weighted by Gasteiger charge is 2.30. The maximum atomic E-state index is 13.2. The second-order valence-electron chi connectivity index (χ2n) is 7.67. The van der Waals surface area contributed by atoms with Crippen molar-refractivity contribution in [3.05, 3.63) is 71.4 Å². The van der Waals surface area contributed by atoms with Gasteiger partial charge in [0.1, 0.15) is 6.04 Å². The van der Waals surface area contributed by atoms with Crippen LogP contribution in [0.4, 0.5) is 5.69 Å². The molecule has 1 aliphatic heterocycles. The van der Waals surface area contributed by atoms with Gasteiger partial charge in [0.15, 0.2) is 0 Å². The Kier molecular flexibility index (Phi) is 5.83. The van der Waals surface area contributed by atoms with Crippen LogP contribution < -0.4 is 5.01 Å². The topological polar surface area (TPSA) is 101 Å². The normalized spacial score (nSPS) is 15.7. The van der Waals surface area contributed by atoms with E-state index >= 15 is 0 Å². The van der Waals surface area contributed by atoms with Gasteiger partial charge in [-0.2, -0.15) is 10.1 Å². The number of carbonyl (C=O) groups is 3. The van der Waals surface area contributed by atoms with Crippen molar-refractivity contribution in [2.75, 3.05) is 12.1 Å². The first-order chi connectivity index (χ1) is 15.8. The number of fused-ring (bicyclic) bond motifs is 1. The first-order valence-corrected chi connectivity index (χ1v) is 10.5. The number of carboxylic acid groups (broad SMARTS) is 1. The molecular weight excluding hydrogens is 422 g/mol. The SMILES string of the molecule is CCC(C(=O)OC)n1cc(C=C2C(=O)N(c3ccc(C(=O)O)cc3)N=C2C)c2ccccc21. The van der Waals surface area contributed by atoms with E-state index in [1.807, 2.05) is 42.0 Å². The van der Waals surface area contributed by atoms with Gasteiger partial charge in [0, 0.05) is 22.7 Å². The third-order valence-corrected chi connectivity index (χ3v) is 5.69. The number of methoxy groups -OCH3 is 1. The second kappa shape index (κ2) is 8.74. The molecule has 0 aliphatic carbocycles. The van der Waals surface area contributed by atoms with E-state index in [1.54, 1.807) is 25.1 Å². The lowest BCUT2D eigenvalue weighted by Crippen LogP contribution is -2.21. The van der Waals surface area contributed by atoms with E-state index in [2.05, 4.69) is 5.10 Å². The largest absolute Gasteiger partial charge is 0.478 e. The average Bonchev–Trinajstić information content (AvgIpc) is 3.32. The summed E-state index contributed by atoms with van der Waals surface area (Å²) in [7, 11) is 1.37. The number of anilines is 1. The van der Waals surface area contributed by atoms with Gasteiger partial charge < -0.3 is 14.4 Å². The fourth-order valence-electron chi connectivity index (χ4n) is 3.98. The molecule has 0 saturated carbocycles. The maximum Gasteiger partial charge on any atom is 0.335 e. The van der Waals surface area contributed by atoms with Crippen molar-refractivity contribution in [1.29, 1.82) is 0 Å². The molecule has 8 nitrogen and oxygen atoms in total. The van der Waals surface area contributed by atoms with Gasteiger partial charge in [0.05, 0.1) is 29.6 Å². The maximum absolute atomic E-state index is 13.2. The number of esters is 1. The summed E-state index contributed by atoms with van der Waals surface area (Å²) < 4.78 is 6.85. The molecule has 1 amide bonds. The highest BCUT2D eigenvalue weighted by Crippen LogP contribution is 2.31. The highest BCUT2D eigenvalue weighted by atomic mass is 16.5. The molecule has 0 saturated heterocycles. The van der Waals surface area contributed by atoms with E-state index < -0.39 is 12.0 Å². The third-order valence-electron chi connectivity index (χ3n) is 5.69. The molecule has 0 fully saturated rings. The minimum atomic E-state index is -1.04. The van der Waals surface area contributed by atoms with Gasteiger partial charge in [-0.05, 0) is 49.8 Å². The zero-order valence-electron chi connectivity index (χ0n) is 18.5. The van der Waals surface area contributed by atoms with Crippen molar-refractivity contribution in [1.82, 2.24) is 4.57 Å². The Bertz CT molecular complexity index is 1320. The first-order valence-electron chi connectivity index (χ1n) is 10.5. The summed E-state index contributed by atoms with van der Waals surface area (Å²) in [5, 5.41) is 15.6. The Balaban J connectivity index is 1.74. The van der Waals surface area contributed by atoms with E-state index in [-0.39, 0.29) is 17.4 Å². The van der Waals surface area contributed by atoms with Crippen molar-refractivity contribution < 1.29 is 24.2 Å². The summed E-state index contributed by atoms with van der Waals surface area (Å²) in [5.74, 6) is -1.68. The molecule has 2 aromatic carbocycles. The zero-order valence-corrected chi connectivity index (χ0v) is 18.5. The number of aromatic nitrogens is 1. The molecule has 1 unspecified atom stereocenters. The van der Waals surface area contributed by atoms with E-state index in [1.165, 1.54) is 24.3 Å². The summed E-state index contributed by atoms with van der Waals surface area (Å²) in [4.78, 5) is 36.6. The lowest BCUT2D eigenvalue weighted by molar-refractivity contribution is -0.144. The minimum absolute atomic E-state index is 0.130. The highest BCUT2D eigenvalue weighted by molar-refractivity contribution is 6.32. The van der Waals surface area contributed by atoms with Gasteiger partial charge in [-0.25, -0.2) is 9.59 Å². The number of hydrogen-bond donors (Lipinski definition) is 1. The van der Waals surface area contributed by atoms with Crippen molar-refractivity contribution in [3.8, 4) is 0 Å². The van der Waals surface area contributed by atoms with Crippen LogP contribution in [0.3, 0.4) is 0 Å². The van der Waals surface area contributed by atoms with Crippen molar-refractivity contribution in [2.24, 2.45) is 5.10 Å². The van der Waals surface area contributed by atoms with E-state index in [0.717, 1.165) is 16.5 Å². The number of hydrazone groups is 1. The van der Waals surface area contributed by atoms with Crippen molar-refractivity contribution in [2.45, 2.75) is 26.3 Å². The van der Waals surface area contributed by atoms with E-state index in [9.17, 15) is 14.4 Å². The Hall–Kier alpha value is -4.20. The van der Waals surface area contributed by atoms with Crippen LogP contribution in [0.1, 0.15) is 42.2 Å². The summed E-state index contributed by atoms with van der Waals surface area (Å²) in [6.45, 7) is 3.66. The molecule has 2 heterocycles. The number of amides is 1. The number of aromatic carboxylic acids is 1. The minimum Gasteiger partial charge on any atom is -0.478 e. The van der Waals surface area contributed by atoms with Crippen LogP contribution in [0.25, 0.3) is 17.0 Å². The lowest BCUT2D eigenvalue weighted by Gasteiger charge is -2.15. The molecule has 0 bridgehead atoms. The summed E-state index contributed by atoms with van der Waals surface area (Å²) in [5.41, 5.74) is 3.22. The molecule has 0 spiro atoms. The van der Waals surface area contributed by atoms with Gasteiger partial charge in [0.2, 0.25) is 0 Å². The quantitative estimate of drug-likeness (QED) is 0.451. The number of carboxylic acids is 1. The number of rotatable bonds is 6. The number of ether oxygens (including phenoxy) is 1. The first kappa shape index (κ1) is 22.0. The van der Waals surface area contributed by atoms with E-state index in [0.29, 0.717) is 23.4 Å².